The second kappa shape index (κ2) is 8.10. The van der Waals surface area contributed by atoms with Gasteiger partial charge in [-0.2, -0.15) is 13.2 Å². The van der Waals surface area contributed by atoms with Gasteiger partial charge in [0.25, 0.3) is 0 Å². The minimum atomic E-state index is -4.34. The predicted molar refractivity (Wildman–Crippen MR) is 108 cm³/mol. The van der Waals surface area contributed by atoms with Crippen LogP contribution in [-0.4, -0.2) is 51.4 Å². The Morgan fingerprint density at radius 1 is 1.07 bits per heavy atom. The van der Waals surface area contributed by atoms with Crippen molar-refractivity contribution in [2.24, 2.45) is 0 Å². The van der Waals surface area contributed by atoms with Crippen molar-refractivity contribution >= 4 is 16.9 Å². The van der Waals surface area contributed by atoms with E-state index < -0.39 is 11.7 Å². The molecule has 1 unspecified atom stereocenters. The number of carbonyl (C=O) groups excluding carboxylic acids is 1. The predicted octanol–water partition coefficient (Wildman–Crippen LogP) is 3.96. The Morgan fingerprint density at radius 2 is 1.80 bits per heavy atom. The highest BCUT2D eigenvalue weighted by Gasteiger charge is 2.31. The van der Waals surface area contributed by atoms with Crippen LogP contribution in [0.5, 0.6) is 0 Å². The Hall–Kier alpha value is -2.87. The Kier molecular flexibility index (Phi) is 5.51. The second-order valence-corrected chi connectivity index (χ2v) is 7.62. The number of amides is 1. The highest BCUT2D eigenvalue weighted by Crippen LogP contribution is 2.30. The molecule has 1 aliphatic heterocycles. The zero-order chi connectivity index (χ0) is 21.3. The molecule has 0 N–H and O–H groups in total. The number of hydrogen-bond donors (Lipinski definition) is 0. The number of nitrogens with zero attached hydrogens (tertiary/aromatic N) is 4. The van der Waals surface area contributed by atoms with E-state index in [1.54, 1.807) is 12.4 Å². The van der Waals surface area contributed by atoms with Crippen LogP contribution in [0.15, 0.2) is 54.9 Å². The number of para-hydroxylation sites is 2. The van der Waals surface area contributed by atoms with Gasteiger partial charge in [0, 0.05) is 32.7 Å². The summed E-state index contributed by atoms with van der Waals surface area (Å²) in [4.78, 5) is 21.2. The summed E-state index contributed by atoms with van der Waals surface area (Å²) in [6.45, 7) is 4.65. The summed E-state index contributed by atoms with van der Waals surface area (Å²) < 4.78 is 40.6. The average molecular weight is 416 g/mol. The van der Waals surface area contributed by atoms with Crippen LogP contribution in [0, 0.1) is 0 Å². The Balaban J connectivity index is 1.37. The van der Waals surface area contributed by atoms with Crippen molar-refractivity contribution < 1.29 is 18.0 Å². The van der Waals surface area contributed by atoms with E-state index in [0.717, 1.165) is 17.1 Å². The van der Waals surface area contributed by atoms with Gasteiger partial charge in [0.2, 0.25) is 5.91 Å². The number of benzene rings is 2. The molecule has 1 aliphatic rings. The summed E-state index contributed by atoms with van der Waals surface area (Å²) in [5.41, 5.74) is 1.77. The lowest BCUT2D eigenvalue weighted by molar-refractivity contribution is -0.138. The van der Waals surface area contributed by atoms with Crippen LogP contribution in [0.4, 0.5) is 13.2 Å². The largest absolute Gasteiger partial charge is 0.416 e. The van der Waals surface area contributed by atoms with Gasteiger partial charge in [0.15, 0.2) is 0 Å². The molecule has 0 bridgehead atoms. The number of hydrogen-bond acceptors (Lipinski definition) is 3. The van der Waals surface area contributed by atoms with Gasteiger partial charge in [0.1, 0.15) is 6.04 Å². The number of halogens is 3. The fourth-order valence-electron chi connectivity index (χ4n) is 3.90. The first-order valence-corrected chi connectivity index (χ1v) is 9.92. The minimum Gasteiger partial charge on any atom is -0.338 e. The third kappa shape index (κ3) is 4.18. The molecule has 0 aliphatic carbocycles. The fourth-order valence-corrected chi connectivity index (χ4v) is 3.90. The Morgan fingerprint density at radius 3 is 2.53 bits per heavy atom. The third-order valence-electron chi connectivity index (χ3n) is 5.60. The number of imidazole rings is 1. The first kappa shape index (κ1) is 20.4. The van der Waals surface area contributed by atoms with E-state index in [2.05, 4.69) is 9.88 Å². The first-order chi connectivity index (χ1) is 14.3. The van der Waals surface area contributed by atoms with E-state index in [0.29, 0.717) is 38.3 Å². The minimum absolute atomic E-state index is 0.0249. The van der Waals surface area contributed by atoms with Crippen LogP contribution in [0.3, 0.4) is 0 Å². The van der Waals surface area contributed by atoms with Crippen LogP contribution in [0.25, 0.3) is 11.0 Å². The molecule has 2 aromatic carbocycles. The normalized spacial score (nSPS) is 16.7. The summed E-state index contributed by atoms with van der Waals surface area (Å²) in [6, 6.07) is 12.8. The van der Waals surface area contributed by atoms with Gasteiger partial charge in [-0.05, 0) is 30.7 Å². The van der Waals surface area contributed by atoms with Crippen molar-refractivity contribution in [3.05, 3.63) is 66.0 Å². The van der Waals surface area contributed by atoms with Gasteiger partial charge >= 0.3 is 6.18 Å². The summed E-state index contributed by atoms with van der Waals surface area (Å²) in [6.07, 6.45) is -2.65. The zero-order valence-corrected chi connectivity index (χ0v) is 16.6. The van der Waals surface area contributed by atoms with Gasteiger partial charge in [-0.1, -0.05) is 30.3 Å². The first-order valence-electron chi connectivity index (χ1n) is 9.92. The number of fused-ring (bicyclic) bond motifs is 1. The van der Waals surface area contributed by atoms with E-state index in [9.17, 15) is 18.0 Å². The van der Waals surface area contributed by atoms with Crippen molar-refractivity contribution in [3.8, 4) is 0 Å². The van der Waals surface area contributed by atoms with Gasteiger partial charge in [-0.3, -0.25) is 9.69 Å². The highest BCUT2D eigenvalue weighted by molar-refractivity contribution is 5.83. The summed E-state index contributed by atoms with van der Waals surface area (Å²) in [5, 5.41) is 0. The zero-order valence-electron chi connectivity index (χ0n) is 16.6. The number of aromatic nitrogens is 2. The van der Waals surface area contributed by atoms with Crippen LogP contribution >= 0.6 is 0 Å². The second-order valence-electron chi connectivity index (χ2n) is 7.62. The van der Waals surface area contributed by atoms with Crippen LogP contribution < -0.4 is 0 Å². The molecular formula is C22H23F3N4O. The average Bonchev–Trinajstić information content (AvgIpc) is 3.17. The molecule has 8 heteroatoms. The molecule has 1 amide bonds. The van der Waals surface area contributed by atoms with Gasteiger partial charge < -0.3 is 9.47 Å². The molecule has 30 heavy (non-hydrogen) atoms. The van der Waals surface area contributed by atoms with Gasteiger partial charge in [-0.15, -0.1) is 0 Å². The molecule has 0 spiro atoms. The molecule has 1 saturated heterocycles. The Labute approximate surface area is 172 Å². The molecule has 1 aromatic heterocycles. The SMILES string of the molecule is CC(C(=O)N1CCN(Cc2cccc(C(F)(F)F)c2)CC1)n1cnc2ccccc21. The lowest BCUT2D eigenvalue weighted by atomic mass is 10.1. The van der Waals surface area contributed by atoms with Crippen molar-refractivity contribution in [1.29, 1.82) is 0 Å². The van der Waals surface area contributed by atoms with Crippen LogP contribution in [-0.2, 0) is 17.5 Å². The molecule has 2 heterocycles. The smallest absolute Gasteiger partial charge is 0.338 e. The Bertz CT molecular complexity index is 1040. The van der Waals surface area contributed by atoms with Gasteiger partial charge in [-0.25, -0.2) is 4.98 Å². The molecule has 4 rings (SSSR count). The monoisotopic (exact) mass is 416 g/mol. The van der Waals surface area contributed by atoms with Crippen molar-refractivity contribution in [1.82, 2.24) is 19.4 Å². The summed E-state index contributed by atoms with van der Waals surface area (Å²) >= 11 is 0. The molecule has 158 valence electrons. The summed E-state index contributed by atoms with van der Waals surface area (Å²) in [5.74, 6) is 0.0249. The van der Waals surface area contributed by atoms with Gasteiger partial charge in [0.05, 0.1) is 22.9 Å². The lowest BCUT2D eigenvalue weighted by Crippen LogP contribution is -2.49. The molecule has 0 saturated carbocycles. The standard InChI is InChI=1S/C22H23F3N4O/c1-16(29-15-26-19-7-2-3-8-20(19)29)21(30)28-11-9-27(10-12-28)14-17-5-4-6-18(13-17)22(23,24)25/h2-8,13,15-16H,9-12,14H2,1H3. The summed E-state index contributed by atoms with van der Waals surface area (Å²) in [7, 11) is 0. The number of carbonyl (C=O) groups is 1. The third-order valence-corrected chi connectivity index (χ3v) is 5.60. The van der Waals surface area contributed by atoms with Crippen molar-refractivity contribution in [3.63, 3.8) is 0 Å². The van der Waals surface area contributed by atoms with Crippen molar-refractivity contribution in [2.75, 3.05) is 26.2 Å². The molecule has 3 aromatic rings. The maximum Gasteiger partial charge on any atom is 0.416 e. The van der Waals surface area contributed by atoms with Crippen molar-refractivity contribution in [2.45, 2.75) is 25.7 Å². The molecule has 5 nitrogen and oxygen atoms in total. The maximum absolute atomic E-state index is 13.0. The highest BCUT2D eigenvalue weighted by atomic mass is 19.4. The number of alkyl halides is 3. The quantitative estimate of drug-likeness (QED) is 0.647. The van der Waals surface area contributed by atoms with E-state index in [4.69, 9.17) is 0 Å². The number of piperazine rings is 1. The maximum atomic E-state index is 13.0. The molecule has 0 radical (unpaired) electrons. The van der Waals surface area contributed by atoms with E-state index in [1.807, 2.05) is 40.7 Å². The topological polar surface area (TPSA) is 41.4 Å². The van der Waals surface area contributed by atoms with E-state index in [-0.39, 0.29) is 11.9 Å². The molecular weight excluding hydrogens is 393 g/mol. The lowest BCUT2D eigenvalue weighted by Gasteiger charge is -2.36. The van der Waals surface area contributed by atoms with Crippen LogP contribution in [0.2, 0.25) is 0 Å². The van der Waals surface area contributed by atoms with E-state index in [1.165, 1.54) is 12.1 Å². The fraction of sp³-hybridized carbons (Fsp3) is 0.364. The van der Waals surface area contributed by atoms with Crippen LogP contribution in [0.1, 0.15) is 24.1 Å². The van der Waals surface area contributed by atoms with E-state index >= 15 is 0 Å². The molecule has 1 atom stereocenters. The number of rotatable bonds is 4. The molecule has 1 fully saturated rings.